The molecule has 162 valence electrons. The van der Waals surface area contributed by atoms with E-state index in [2.05, 4.69) is 66.8 Å². The molecule has 0 radical (unpaired) electrons. The molecule has 1 saturated heterocycles. The van der Waals surface area contributed by atoms with Crippen molar-refractivity contribution in [3.8, 4) is 5.75 Å². The van der Waals surface area contributed by atoms with Gasteiger partial charge in [0.25, 0.3) is 0 Å². The number of hydrogen-bond donors (Lipinski definition) is 1. The van der Waals surface area contributed by atoms with Gasteiger partial charge in [0, 0.05) is 19.3 Å². The molecular weight excluding hydrogens is 386 g/mol. The van der Waals surface area contributed by atoms with Gasteiger partial charge >= 0.3 is 5.97 Å². The lowest BCUT2D eigenvalue weighted by Crippen LogP contribution is -2.27. The van der Waals surface area contributed by atoms with Crippen LogP contribution < -0.4 is 10.1 Å². The van der Waals surface area contributed by atoms with Gasteiger partial charge in [0.05, 0.1) is 5.92 Å². The molecule has 31 heavy (non-hydrogen) atoms. The molecule has 1 aliphatic rings. The number of carbonyl (C=O) groups is 1. The van der Waals surface area contributed by atoms with Crippen molar-refractivity contribution in [2.75, 3.05) is 19.8 Å². The Kier molecular flexibility index (Phi) is 7.34. The maximum absolute atomic E-state index is 12.2. The molecule has 0 saturated carbocycles. The molecule has 4 heteroatoms. The summed E-state index contributed by atoms with van der Waals surface area (Å²) in [7, 11) is 0. The molecule has 0 spiro atoms. The van der Waals surface area contributed by atoms with Crippen LogP contribution >= 0.6 is 0 Å². The smallest absolute Gasteiger partial charge is 0.314 e. The molecule has 1 aliphatic heterocycles. The zero-order valence-electron chi connectivity index (χ0n) is 18.2. The van der Waals surface area contributed by atoms with Crippen LogP contribution in [0, 0.1) is 5.92 Å². The van der Waals surface area contributed by atoms with Crippen molar-refractivity contribution < 1.29 is 14.3 Å². The normalized spacial score (nSPS) is 15.6. The van der Waals surface area contributed by atoms with E-state index in [9.17, 15) is 4.79 Å². The maximum Gasteiger partial charge on any atom is 0.314 e. The molecule has 1 fully saturated rings. The van der Waals surface area contributed by atoms with Crippen molar-refractivity contribution in [1.82, 2.24) is 5.32 Å². The van der Waals surface area contributed by atoms with Crippen LogP contribution in [0.15, 0.2) is 66.7 Å². The Morgan fingerprint density at radius 2 is 1.77 bits per heavy atom. The monoisotopic (exact) mass is 417 g/mol. The number of aryl methyl sites for hydroxylation is 1. The zero-order valence-corrected chi connectivity index (χ0v) is 18.2. The zero-order chi connectivity index (χ0) is 21.5. The summed E-state index contributed by atoms with van der Waals surface area (Å²) in [5, 5.41) is 6.25. The predicted molar refractivity (Wildman–Crippen MR) is 124 cm³/mol. The molecule has 3 aromatic carbocycles. The molecule has 4 nitrogen and oxygen atoms in total. The quantitative estimate of drug-likeness (QED) is 0.301. The third-order valence-electron chi connectivity index (χ3n) is 6.08. The summed E-state index contributed by atoms with van der Waals surface area (Å²) in [5.41, 5.74) is 2.60. The molecule has 0 bridgehead atoms. The number of esters is 1. The summed E-state index contributed by atoms with van der Waals surface area (Å²) in [6.07, 6.45) is 3.54. The van der Waals surface area contributed by atoms with Crippen molar-refractivity contribution in [3.05, 3.63) is 77.9 Å². The lowest BCUT2D eigenvalue weighted by molar-refractivity contribution is -0.142. The van der Waals surface area contributed by atoms with Gasteiger partial charge < -0.3 is 14.8 Å². The van der Waals surface area contributed by atoms with E-state index in [0.717, 1.165) is 32.2 Å². The average molecular weight is 418 g/mol. The Morgan fingerprint density at radius 1 is 1.03 bits per heavy atom. The third kappa shape index (κ3) is 5.72. The van der Waals surface area contributed by atoms with Crippen molar-refractivity contribution in [2.24, 2.45) is 5.92 Å². The molecule has 0 aliphatic carbocycles. The van der Waals surface area contributed by atoms with E-state index < -0.39 is 0 Å². The highest BCUT2D eigenvalue weighted by molar-refractivity contribution is 5.86. The highest BCUT2D eigenvalue weighted by Crippen LogP contribution is 2.24. The highest BCUT2D eigenvalue weighted by atomic mass is 16.5. The molecule has 4 rings (SSSR count). The summed E-state index contributed by atoms with van der Waals surface area (Å²) < 4.78 is 10.9. The number of nitrogens with one attached hydrogen (secondary N) is 1. The fraction of sp³-hybridized carbons (Fsp3) is 0.370. The first-order valence-electron chi connectivity index (χ1n) is 11.3. The van der Waals surface area contributed by atoms with Gasteiger partial charge in [0.2, 0.25) is 0 Å². The first-order valence-corrected chi connectivity index (χ1v) is 11.3. The second-order valence-corrected chi connectivity index (χ2v) is 8.30. The lowest BCUT2D eigenvalue weighted by Gasteiger charge is -2.20. The molecule has 0 amide bonds. The van der Waals surface area contributed by atoms with Crippen LogP contribution in [0.3, 0.4) is 0 Å². The maximum atomic E-state index is 12.2. The lowest BCUT2D eigenvalue weighted by atomic mass is 9.99. The van der Waals surface area contributed by atoms with E-state index in [-0.39, 0.29) is 11.9 Å². The van der Waals surface area contributed by atoms with Crippen LogP contribution in [0.5, 0.6) is 5.75 Å². The number of ether oxygens (including phenoxy) is 2. The first-order chi connectivity index (χ1) is 15.2. The summed E-state index contributed by atoms with van der Waals surface area (Å²) in [5.74, 6) is 0.453. The molecule has 1 N–H and O–H groups in total. The van der Waals surface area contributed by atoms with Crippen LogP contribution in [-0.2, 0) is 16.0 Å². The molecule has 0 aromatic heterocycles. The van der Waals surface area contributed by atoms with Crippen molar-refractivity contribution >= 4 is 16.7 Å². The van der Waals surface area contributed by atoms with E-state index in [1.54, 1.807) is 0 Å². The van der Waals surface area contributed by atoms with Crippen LogP contribution in [-0.4, -0.2) is 25.7 Å². The molecule has 1 atom stereocenters. The van der Waals surface area contributed by atoms with Crippen LogP contribution in [0.4, 0.5) is 0 Å². The number of hydrogen-bond acceptors (Lipinski definition) is 4. The Balaban J connectivity index is 1.23. The summed E-state index contributed by atoms with van der Waals surface area (Å²) in [6, 6.07) is 23.3. The topological polar surface area (TPSA) is 47.6 Å². The van der Waals surface area contributed by atoms with Crippen LogP contribution in [0.2, 0.25) is 0 Å². The predicted octanol–water partition coefficient (Wildman–Crippen LogP) is 5.46. The van der Waals surface area contributed by atoms with Gasteiger partial charge in [-0.15, -0.1) is 0 Å². The summed E-state index contributed by atoms with van der Waals surface area (Å²) in [4.78, 5) is 12.2. The molecule has 3 aromatic rings. The van der Waals surface area contributed by atoms with Gasteiger partial charge in [-0.3, -0.25) is 4.79 Å². The van der Waals surface area contributed by atoms with E-state index in [1.807, 2.05) is 12.1 Å². The highest BCUT2D eigenvalue weighted by Gasteiger charge is 2.23. The van der Waals surface area contributed by atoms with Crippen LogP contribution in [0.1, 0.15) is 43.4 Å². The van der Waals surface area contributed by atoms with Gasteiger partial charge in [-0.25, -0.2) is 0 Å². The van der Waals surface area contributed by atoms with Gasteiger partial charge in [-0.2, -0.15) is 0 Å². The first kappa shape index (κ1) is 21.5. The number of rotatable bonds is 8. The minimum Gasteiger partial charge on any atom is -0.426 e. The third-order valence-corrected chi connectivity index (χ3v) is 6.08. The summed E-state index contributed by atoms with van der Waals surface area (Å²) >= 11 is 0. The standard InChI is InChI=1S/C27H31NO3/c1-20(25-10-4-8-22-7-2-3-9-26(22)25)28-17-5-6-21-11-13-24(14-12-21)31-27(29)23-15-18-30-19-16-23/h2-4,7-14,20,23,28H,5-6,15-19H2,1H3/t20-/m1/s1. The Morgan fingerprint density at radius 3 is 2.58 bits per heavy atom. The molecule has 0 unspecified atom stereocenters. The fourth-order valence-electron chi connectivity index (χ4n) is 4.21. The number of carbonyl (C=O) groups excluding carboxylic acids is 1. The molecular formula is C27H31NO3. The summed E-state index contributed by atoms with van der Waals surface area (Å²) in [6.45, 7) is 4.46. The SMILES string of the molecule is C[C@@H](NCCCc1ccc(OC(=O)C2CCOCC2)cc1)c1cccc2ccccc12. The fourth-order valence-corrected chi connectivity index (χ4v) is 4.21. The van der Waals surface area contributed by atoms with Gasteiger partial charge in [-0.1, -0.05) is 54.6 Å². The van der Waals surface area contributed by atoms with Crippen molar-refractivity contribution in [2.45, 2.75) is 38.6 Å². The number of benzene rings is 3. The van der Waals surface area contributed by atoms with Gasteiger partial charge in [-0.05, 0) is 73.2 Å². The largest absolute Gasteiger partial charge is 0.426 e. The van der Waals surface area contributed by atoms with Crippen LogP contribution in [0.25, 0.3) is 10.8 Å². The second kappa shape index (κ2) is 10.6. The Hall–Kier alpha value is -2.69. The van der Waals surface area contributed by atoms with E-state index in [1.165, 1.54) is 21.9 Å². The van der Waals surface area contributed by atoms with Gasteiger partial charge in [0.15, 0.2) is 0 Å². The second-order valence-electron chi connectivity index (χ2n) is 8.30. The Labute approximate surface area is 184 Å². The van der Waals surface area contributed by atoms with Gasteiger partial charge in [0.1, 0.15) is 5.75 Å². The number of fused-ring (bicyclic) bond motifs is 1. The van der Waals surface area contributed by atoms with E-state index in [0.29, 0.717) is 25.0 Å². The average Bonchev–Trinajstić information content (AvgIpc) is 2.83. The molecule has 1 heterocycles. The minimum atomic E-state index is -0.136. The van der Waals surface area contributed by atoms with Crippen molar-refractivity contribution in [1.29, 1.82) is 0 Å². The van der Waals surface area contributed by atoms with E-state index in [4.69, 9.17) is 9.47 Å². The Bertz CT molecular complexity index is 988. The minimum absolute atomic E-state index is 0.0387. The van der Waals surface area contributed by atoms with Crippen molar-refractivity contribution in [3.63, 3.8) is 0 Å². The van der Waals surface area contributed by atoms with E-state index >= 15 is 0 Å².